The Morgan fingerprint density at radius 3 is 2.95 bits per heavy atom. The number of hydrogen-bond acceptors (Lipinski definition) is 4. The van der Waals surface area contributed by atoms with Crippen LogP contribution in [0.4, 0.5) is 0 Å². The lowest BCUT2D eigenvalue weighted by atomic mass is 9.95. The third kappa shape index (κ3) is 4.55. The van der Waals surface area contributed by atoms with Crippen molar-refractivity contribution in [1.82, 2.24) is 5.32 Å². The minimum Gasteiger partial charge on any atom is -0.497 e. The third-order valence-corrected chi connectivity index (χ3v) is 4.75. The van der Waals surface area contributed by atoms with Crippen molar-refractivity contribution in [3.8, 4) is 11.5 Å². The van der Waals surface area contributed by atoms with Crippen LogP contribution in [0.15, 0.2) is 18.2 Å². The van der Waals surface area contributed by atoms with Crippen LogP contribution in [0.3, 0.4) is 0 Å². The fourth-order valence-corrected chi connectivity index (χ4v) is 3.42. The van der Waals surface area contributed by atoms with Crippen LogP contribution in [0.25, 0.3) is 0 Å². The van der Waals surface area contributed by atoms with Crippen molar-refractivity contribution in [2.45, 2.75) is 45.3 Å². The van der Waals surface area contributed by atoms with E-state index in [0.29, 0.717) is 12.1 Å². The molecule has 2 unspecified atom stereocenters. The topological polar surface area (TPSA) is 30.5 Å². The van der Waals surface area contributed by atoms with E-state index in [2.05, 4.69) is 25.2 Å². The molecule has 2 atom stereocenters. The predicted molar refractivity (Wildman–Crippen MR) is 90.7 cm³/mol. The highest BCUT2D eigenvalue weighted by Crippen LogP contribution is 2.38. The van der Waals surface area contributed by atoms with Crippen molar-refractivity contribution in [2.75, 3.05) is 25.2 Å². The first-order chi connectivity index (χ1) is 10.3. The van der Waals surface area contributed by atoms with E-state index in [4.69, 9.17) is 9.47 Å². The summed E-state index contributed by atoms with van der Waals surface area (Å²) in [6.07, 6.45) is 3.63. The average molecular weight is 309 g/mol. The fraction of sp³-hybridized carbons (Fsp3) is 0.647. The molecule has 2 rings (SSSR count). The molecule has 21 heavy (non-hydrogen) atoms. The van der Waals surface area contributed by atoms with Gasteiger partial charge in [0.1, 0.15) is 17.6 Å². The van der Waals surface area contributed by atoms with Crippen LogP contribution in [0.2, 0.25) is 0 Å². The smallest absolute Gasteiger partial charge is 0.128 e. The van der Waals surface area contributed by atoms with Crippen molar-refractivity contribution in [2.24, 2.45) is 0 Å². The van der Waals surface area contributed by atoms with Gasteiger partial charge in [-0.25, -0.2) is 0 Å². The molecule has 0 saturated carbocycles. The highest BCUT2D eigenvalue weighted by Gasteiger charge is 2.28. The molecule has 0 fully saturated rings. The Balaban J connectivity index is 2.10. The third-order valence-electron chi connectivity index (χ3n) is 3.82. The largest absolute Gasteiger partial charge is 0.497 e. The molecule has 4 heteroatoms. The molecule has 0 aromatic heterocycles. The van der Waals surface area contributed by atoms with E-state index < -0.39 is 0 Å². The van der Waals surface area contributed by atoms with E-state index in [1.165, 1.54) is 17.1 Å². The Morgan fingerprint density at radius 2 is 2.24 bits per heavy atom. The van der Waals surface area contributed by atoms with Gasteiger partial charge in [0.05, 0.1) is 7.11 Å². The molecule has 0 aliphatic carbocycles. The molecule has 0 bridgehead atoms. The molecular formula is C17H27NO2S. The Hall–Kier alpha value is -0.870. The number of benzene rings is 1. The van der Waals surface area contributed by atoms with Crippen molar-refractivity contribution >= 4 is 11.8 Å². The summed E-state index contributed by atoms with van der Waals surface area (Å²) in [5, 5.41) is 3.66. The van der Waals surface area contributed by atoms with Gasteiger partial charge in [-0.3, -0.25) is 0 Å². The maximum atomic E-state index is 6.20. The molecule has 0 spiro atoms. The predicted octanol–water partition coefficient (Wildman–Crippen LogP) is 4.03. The van der Waals surface area contributed by atoms with Crippen molar-refractivity contribution in [1.29, 1.82) is 0 Å². The molecule has 3 nitrogen and oxygen atoms in total. The lowest BCUT2D eigenvalue weighted by Gasteiger charge is -2.33. The van der Waals surface area contributed by atoms with Gasteiger partial charge in [0.15, 0.2) is 0 Å². The van der Waals surface area contributed by atoms with Gasteiger partial charge < -0.3 is 14.8 Å². The molecule has 0 saturated heterocycles. The van der Waals surface area contributed by atoms with Crippen LogP contribution in [0.1, 0.15) is 44.7 Å². The summed E-state index contributed by atoms with van der Waals surface area (Å²) in [7, 11) is 1.70. The van der Waals surface area contributed by atoms with Gasteiger partial charge in [0.2, 0.25) is 0 Å². The average Bonchev–Trinajstić information content (AvgIpc) is 2.52. The highest BCUT2D eigenvalue weighted by molar-refractivity contribution is 7.99. The second kappa shape index (κ2) is 8.54. The molecule has 1 heterocycles. The van der Waals surface area contributed by atoms with E-state index in [1.807, 2.05) is 23.9 Å². The quantitative estimate of drug-likeness (QED) is 0.734. The Labute approximate surface area is 132 Å². The number of fused-ring (bicyclic) bond motifs is 1. The van der Waals surface area contributed by atoms with Crippen LogP contribution in [-0.2, 0) is 0 Å². The lowest BCUT2D eigenvalue weighted by Crippen LogP contribution is -2.33. The number of nitrogens with one attached hydrogen (secondary N) is 1. The van der Waals surface area contributed by atoms with E-state index in [0.717, 1.165) is 37.3 Å². The Bertz CT molecular complexity index is 439. The molecule has 1 N–H and O–H groups in total. The molecule has 1 aliphatic heterocycles. The molecule has 0 radical (unpaired) electrons. The summed E-state index contributed by atoms with van der Waals surface area (Å²) in [6.45, 7) is 5.46. The summed E-state index contributed by atoms with van der Waals surface area (Å²) in [6, 6.07) is 6.58. The summed E-state index contributed by atoms with van der Waals surface area (Å²) in [5.41, 5.74) is 1.27. The van der Waals surface area contributed by atoms with Gasteiger partial charge in [-0.05, 0) is 37.0 Å². The van der Waals surface area contributed by atoms with Gasteiger partial charge in [0, 0.05) is 24.1 Å². The number of methoxy groups -OCH3 is 1. The molecular weight excluding hydrogens is 282 g/mol. The first kappa shape index (κ1) is 16.5. The minimum atomic E-state index is 0.304. The second-order valence-electron chi connectivity index (χ2n) is 5.37. The minimum absolute atomic E-state index is 0.304. The molecule has 1 aliphatic rings. The number of rotatable bonds is 8. The number of hydrogen-bond donors (Lipinski definition) is 1. The second-order valence-corrected chi connectivity index (χ2v) is 6.77. The van der Waals surface area contributed by atoms with Crippen molar-refractivity contribution in [3.63, 3.8) is 0 Å². The van der Waals surface area contributed by atoms with E-state index in [1.54, 1.807) is 7.11 Å². The van der Waals surface area contributed by atoms with E-state index in [9.17, 15) is 0 Å². The molecule has 1 aromatic rings. The molecule has 118 valence electrons. The normalized spacial score (nSPS) is 20.7. The zero-order chi connectivity index (χ0) is 15.1. The van der Waals surface area contributed by atoms with Crippen molar-refractivity contribution < 1.29 is 9.47 Å². The SMILES string of the molecule is CCCNC1CC(CCSCC)Oc2cc(OC)ccc21. The van der Waals surface area contributed by atoms with Gasteiger partial charge in [-0.2, -0.15) is 11.8 Å². The maximum absolute atomic E-state index is 6.20. The first-order valence-corrected chi connectivity index (χ1v) is 9.09. The fourth-order valence-electron chi connectivity index (χ4n) is 2.70. The zero-order valence-electron chi connectivity index (χ0n) is 13.4. The Kier molecular flexibility index (Phi) is 6.71. The summed E-state index contributed by atoms with van der Waals surface area (Å²) >= 11 is 1.98. The highest BCUT2D eigenvalue weighted by atomic mass is 32.2. The zero-order valence-corrected chi connectivity index (χ0v) is 14.2. The monoisotopic (exact) mass is 309 g/mol. The van der Waals surface area contributed by atoms with Gasteiger partial charge >= 0.3 is 0 Å². The van der Waals surface area contributed by atoms with Gasteiger partial charge in [-0.15, -0.1) is 0 Å². The lowest BCUT2D eigenvalue weighted by molar-refractivity contribution is 0.146. The Morgan fingerprint density at radius 1 is 1.38 bits per heavy atom. The van der Waals surface area contributed by atoms with Gasteiger partial charge in [0.25, 0.3) is 0 Å². The summed E-state index contributed by atoms with van der Waals surface area (Å²) in [5.74, 6) is 4.20. The van der Waals surface area contributed by atoms with E-state index in [-0.39, 0.29) is 0 Å². The molecule has 0 amide bonds. The van der Waals surface area contributed by atoms with E-state index >= 15 is 0 Å². The first-order valence-electron chi connectivity index (χ1n) is 7.94. The summed E-state index contributed by atoms with van der Waals surface area (Å²) in [4.78, 5) is 0. The van der Waals surface area contributed by atoms with Crippen LogP contribution >= 0.6 is 11.8 Å². The van der Waals surface area contributed by atoms with Crippen LogP contribution in [0.5, 0.6) is 11.5 Å². The van der Waals surface area contributed by atoms with Crippen LogP contribution in [0, 0.1) is 0 Å². The number of ether oxygens (including phenoxy) is 2. The van der Waals surface area contributed by atoms with Crippen LogP contribution in [-0.4, -0.2) is 31.3 Å². The number of thioether (sulfide) groups is 1. The van der Waals surface area contributed by atoms with Crippen LogP contribution < -0.4 is 14.8 Å². The maximum Gasteiger partial charge on any atom is 0.128 e. The van der Waals surface area contributed by atoms with Gasteiger partial charge in [-0.1, -0.05) is 19.9 Å². The summed E-state index contributed by atoms with van der Waals surface area (Å²) < 4.78 is 11.5. The van der Waals surface area contributed by atoms with Crippen molar-refractivity contribution in [3.05, 3.63) is 23.8 Å². The molecule has 1 aromatic carbocycles. The standard InChI is InChI=1S/C17H27NO2S/c1-4-9-18-16-11-14(8-10-21-5-2)20-17-12-13(19-3)6-7-15(16)17/h6-7,12,14,16,18H,4-5,8-11H2,1-3H3.